The van der Waals surface area contributed by atoms with Gasteiger partial charge in [-0.25, -0.2) is 0 Å². The van der Waals surface area contributed by atoms with Crippen molar-refractivity contribution in [2.24, 2.45) is 5.92 Å². The van der Waals surface area contributed by atoms with Crippen LogP contribution in [0.1, 0.15) is 40.1 Å². The van der Waals surface area contributed by atoms with Crippen molar-refractivity contribution in [2.75, 3.05) is 11.9 Å². The fourth-order valence-corrected chi connectivity index (χ4v) is 3.62. The number of nitrogens with zero attached hydrogens (tertiary/aromatic N) is 1. The highest BCUT2D eigenvalue weighted by molar-refractivity contribution is 6.26. The zero-order chi connectivity index (χ0) is 19.0. The Morgan fingerprint density at radius 1 is 0.852 bits per heavy atom. The van der Waals surface area contributed by atoms with Crippen molar-refractivity contribution in [3.05, 3.63) is 77.4 Å². The van der Waals surface area contributed by atoms with Crippen molar-refractivity contribution in [1.29, 1.82) is 0 Å². The topological polar surface area (TPSA) is 49.4 Å². The summed E-state index contributed by atoms with van der Waals surface area (Å²) in [6.07, 6.45) is 0. The van der Waals surface area contributed by atoms with Gasteiger partial charge in [0.25, 0.3) is 11.8 Å². The van der Waals surface area contributed by atoms with E-state index in [1.807, 2.05) is 62.4 Å². The first kappa shape index (κ1) is 17.3. The number of hydrogen-bond acceptors (Lipinski definition) is 3. The van der Waals surface area contributed by atoms with Gasteiger partial charge in [-0.05, 0) is 29.7 Å². The van der Waals surface area contributed by atoms with E-state index in [1.54, 1.807) is 0 Å². The summed E-state index contributed by atoms with van der Waals surface area (Å²) in [4.78, 5) is 27.2. The highest BCUT2D eigenvalue weighted by Crippen LogP contribution is 2.34. The van der Waals surface area contributed by atoms with E-state index in [9.17, 15) is 9.59 Å². The molecule has 0 spiro atoms. The van der Waals surface area contributed by atoms with Crippen molar-refractivity contribution in [1.82, 2.24) is 4.90 Å². The Hall–Kier alpha value is -3.14. The minimum absolute atomic E-state index is 0.202. The van der Waals surface area contributed by atoms with E-state index in [1.165, 1.54) is 10.5 Å². The van der Waals surface area contributed by atoms with Gasteiger partial charge in [-0.3, -0.25) is 14.5 Å². The summed E-state index contributed by atoms with van der Waals surface area (Å²) in [5.74, 6) is -0.176. The molecule has 0 radical (unpaired) electrons. The van der Waals surface area contributed by atoms with Gasteiger partial charge in [-0.15, -0.1) is 0 Å². The van der Waals surface area contributed by atoms with Gasteiger partial charge in [0.1, 0.15) is 0 Å². The highest BCUT2D eigenvalue weighted by Gasteiger charge is 2.33. The van der Waals surface area contributed by atoms with Crippen LogP contribution in [0.25, 0.3) is 10.8 Å². The van der Waals surface area contributed by atoms with E-state index in [2.05, 4.69) is 17.4 Å². The second-order valence-electron chi connectivity index (χ2n) is 7.34. The molecule has 0 aliphatic carbocycles. The molecule has 0 aromatic heterocycles. The summed E-state index contributed by atoms with van der Waals surface area (Å²) < 4.78 is 0. The van der Waals surface area contributed by atoms with Gasteiger partial charge in [0.15, 0.2) is 0 Å². The summed E-state index contributed by atoms with van der Waals surface area (Å²) >= 11 is 0. The van der Waals surface area contributed by atoms with Crippen LogP contribution in [0, 0.1) is 5.92 Å². The van der Waals surface area contributed by atoms with Crippen LogP contribution in [0.3, 0.4) is 0 Å². The Labute approximate surface area is 158 Å². The van der Waals surface area contributed by atoms with Crippen LogP contribution >= 0.6 is 0 Å². The Balaban J connectivity index is 1.75. The molecule has 0 atom stereocenters. The smallest absolute Gasteiger partial charge is 0.261 e. The maximum Gasteiger partial charge on any atom is 0.261 e. The molecule has 0 saturated heterocycles. The summed E-state index contributed by atoms with van der Waals surface area (Å²) in [5, 5.41) is 5.11. The second kappa shape index (κ2) is 6.88. The zero-order valence-electron chi connectivity index (χ0n) is 15.5. The standard InChI is InChI=1S/C23H22N2O2/c1-15(2)14-25-22(26)18-10-6-9-17-20(12-11-19(21(17)18)23(25)27)24-13-16-7-4-3-5-8-16/h3-12,15,24H,13-14H2,1-2H3. The molecule has 136 valence electrons. The molecule has 0 saturated carbocycles. The largest absolute Gasteiger partial charge is 0.380 e. The van der Waals surface area contributed by atoms with Crippen LogP contribution in [-0.2, 0) is 6.54 Å². The van der Waals surface area contributed by atoms with Crippen LogP contribution in [0.2, 0.25) is 0 Å². The minimum atomic E-state index is -0.202. The maximum atomic E-state index is 12.9. The molecule has 1 aliphatic rings. The Bertz CT molecular complexity index is 1000. The quantitative estimate of drug-likeness (QED) is 0.672. The van der Waals surface area contributed by atoms with Crippen molar-refractivity contribution in [2.45, 2.75) is 20.4 Å². The lowest BCUT2D eigenvalue weighted by Gasteiger charge is -2.29. The number of carbonyl (C=O) groups is 2. The molecule has 2 amide bonds. The molecule has 1 heterocycles. The first-order chi connectivity index (χ1) is 13.1. The number of rotatable bonds is 5. The molecule has 4 rings (SSSR count). The molecule has 0 bridgehead atoms. The van der Waals surface area contributed by atoms with E-state index in [0.717, 1.165) is 16.5 Å². The first-order valence-electron chi connectivity index (χ1n) is 9.26. The number of anilines is 1. The molecule has 0 fully saturated rings. The summed E-state index contributed by atoms with van der Waals surface area (Å²) in [5.41, 5.74) is 3.31. The van der Waals surface area contributed by atoms with Gasteiger partial charge in [-0.2, -0.15) is 0 Å². The maximum absolute atomic E-state index is 12.9. The number of benzene rings is 3. The van der Waals surface area contributed by atoms with Gasteiger partial charge in [-0.1, -0.05) is 56.3 Å². The molecule has 1 N–H and O–H groups in total. The average molecular weight is 358 g/mol. The second-order valence-corrected chi connectivity index (χ2v) is 7.34. The minimum Gasteiger partial charge on any atom is -0.380 e. The van der Waals surface area contributed by atoms with Crippen LogP contribution < -0.4 is 5.32 Å². The SMILES string of the molecule is CC(C)CN1C(=O)c2cccc3c(NCc4ccccc4)ccc(c23)C1=O. The van der Waals surface area contributed by atoms with Crippen molar-refractivity contribution in [3.8, 4) is 0 Å². The van der Waals surface area contributed by atoms with Gasteiger partial charge >= 0.3 is 0 Å². The predicted molar refractivity (Wildman–Crippen MR) is 108 cm³/mol. The summed E-state index contributed by atoms with van der Waals surface area (Å²) in [7, 11) is 0. The van der Waals surface area contributed by atoms with Gasteiger partial charge in [0.2, 0.25) is 0 Å². The summed E-state index contributed by atoms with van der Waals surface area (Å²) in [6, 6.07) is 19.6. The van der Waals surface area contributed by atoms with Crippen molar-refractivity contribution >= 4 is 28.3 Å². The van der Waals surface area contributed by atoms with Crippen molar-refractivity contribution < 1.29 is 9.59 Å². The normalized spacial score (nSPS) is 13.5. The molecule has 4 nitrogen and oxygen atoms in total. The van der Waals surface area contributed by atoms with Gasteiger partial charge in [0, 0.05) is 40.7 Å². The van der Waals surface area contributed by atoms with E-state index >= 15 is 0 Å². The van der Waals surface area contributed by atoms with Crippen LogP contribution in [0.5, 0.6) is 0 Å². The number of carbonyl (C=O) groups excluding carboxylic acids is 2. The summed E-state index contributed by atoms with van der Waals surface area (Å²) in [6.45, 7) is 5.13. The number of imide groups is 1. The zero-order valence-corrected chi connectivity index (χ0v) is 15.5. The fraction of sp³-hybridized carbons (Fsp3) is 0.217. The van der Waals surface area contributed by atoms with Crippen LogP contribution in [0.15, 0.2) is 60.7 Å². The predicted octanol–water partition coefficient (Wildman–Crippen LogP) is 4.70. The average Bonchev–Trinajstić information content (AvgIpc) is 2.68. The fourth-order valence-electron chi connectivity index (χ4n) is 3.62. The van der Waals surface area contributed by atoms with E-state index in [0.29, 0.717) is 24.2 Å². The van der Waals surface area contributed by atoms with Crippen molar-refractivity contribution in [3.63, 3.8) is 0 Å². The Morgan fingerprint density at radius 2 is 1.56 bits per heavy atom. The molecule has 3 aromatic carbocycles. The van der Waals surface area contributed by atoms with E-state index in [4.69, 9.17) is 0 Å². The van der Waals surface area contributed by atoms with Crippen LogP contribution in [0.4, 0.5) is 5.69 Å². The monoisotopic (exact) mass is 358 g/mol. The number of amides is 2. The van der Waals surface area contributed by atoms with Gasteiger partial charge < -0.3 is 5.32 Å². The number of hydrogen-bond donors (Lipinski definition) is 1. The molecular weight excluding hydrogens is 336 g/mol. The third-order valence-electron chi connectivity index (χ3n) is 4.87. The molecule has 27 heavy (non-hydrogen) atoms. The molecule has 4 heteroatoms. The molecule has 0 unspecified atom stereocenters. The first-order valence-corrected chi connectivity index (χ1v) is 9.26. The van der Waals surface area contributed by atoms with E-state index in [-0.39, 0.29) is 17.7 Å². The third-order valence-corrected chi connectivity index (χ3v) is 4.87. The van der Waals surface area contributed by atoms with Crippen LogP contribution in [-0.4, -0.2) is 23.3 Å². The Kier molecular flexibility index (Phi) is 4.40. The van der Waals surface area contributed by atoms with Gasteiger partial charge in [0.05, 0.1) is 0 Å². The molecule has 1 aliphatic heterocycles. The third kappa shape index (κ3) is 3.08. The Morgan fingerprint density at radius 3 is 2.26 bits per heavy atom. The lowest BCUT2D eigenvalue weighted by Crippen LogP contribution is -2.42. The number of nitrogens with one attached hydrogen (secondary N) is 1. The lowest BCUT2D eigenvalue weighted by atomic mass is 9.92. The lowest BCUT2D eigenvalue weighted by molar-refractivity contribution is 0.0592. The van der Waals surface area contributed by atoms with E-state index < -0.39 is 0 Å². The molecular formula is C23H22N2O2. The highest BCUT2D eigenvalue weighted by atomic mass is 16.2. The molecule has 3 aromatic rings.